The van der Waals surface area contributed by atoms with Crippen LogP contribution in [0.2, 0.25) is 0 Å². The van der Waals surface area contributed by atoms with Gasteiger partial charge in [0.2, 0.25) is 0 Å². The highest BCUT2D eigenvalue weighted by Crippen LogP contribution is 2.14. The summed E-state index contributed by atoms with van der Waals surface area (Å²) in [5.74, 6) is 0.651. The summed E-state index contributed by atoms with van der Waals surface area (Å²) in [4.78, 5) is 17.2. The van der Waals surface area contributed by atoms with Crippen molar-refractivity contribution in [1.29, 1.82) is 0 Å². The van der Waals surface area contributed by atoms with Crippen molar-refractivity contribution < 1.29 is 9.66 Å². The number of hydrogen-bond acceptors (Lipinski definition) is 5. The van der Waals surface area contributed by atoms with E-state index in [1.54, 1.807) is 19.2 Å². The van der Waals surface area contributed by atoms with Crippen molar-refractivity contribution in [2.24, 2.45) is 4.99 Å². The van der Waals surface area contributed by atoms with Crippen LogP contribution in [0.4, 0.5) is 5.69 Å². The molecule has 0 radical (unpaired) electrons. The van der Waals surface area contributed by atoms with Crippen molar-refractivity contribution in [2.75, 3.05) is 33.4 Å². The van der Waals surface area contributed by atoms with Crippen molar-refractivity contribution >= 4 is 11.6 Å². The van der Waals surface area contributed by atoms with Gasteiger partial charge in [-0.05, 0) is 16.7 Å². The van der Waals surface area contributed by atoms with Crippen LogP contribution >= 0.6 is 0 Å². The zero-order valence-electron chi connectivity index (χ0n) is 16.6. The molecule has 0 saturated carbocycles. The van der Waals surface area contributed by atoms with Gasteiger partial charge in [0.15, 0.2) is 5.96 Å². The van der Waals surface area contributed by atoms with E-state index >= 15 is 0 Å². The van der Waals surface area contributed by atoms with Gasteiger partial charge in [-0.25, -0.2) is 0 Å². The Morgan fingerprint density at radius 2 is 1.83 bits per heavy atom. The minimum absolute atomic E-state index is 0.0873. The minimum Gasteiger partial charge on any atom is -0.379 e. The number of nitrogens with zero attached hydrogens (tertiary/aromatic N) is 3. The van der Waals surface area contributed by atoms with Gasteiger partial charge in [0, 0.05) is 51.9 Å². The summed E-state index contributed by atoms with van der Waals surface area (Å²) < 4.78 is 5.43. The van der Waals surface area contributed by atoms with Crippen molar-refractivity contribution in [1.82, 2.24) is 15.5 Å². The lowest BCUT2D eigenvalue weighted by atomic mass is 10.1. The number of ether oxygens (including phenoxy) is 1. The van der Waals surface area contributed by atoms with E-state index in [9.17, 15) is 10.1 Å². The van der Waals surface area contributed by atoms with Crippen LogP contribution in [-0.4, -0.2) is 49.1 Å². The Hall–Kier alpha value is -2.97. The van der Waals surface area contributed by atoms with Gasteiger partial charge >= 0.3 is 0 Å². The molecule has 0 amide bonds. The van der Waals surface area contributed by atoms with Crippen LogP contribution in [0.5, 0.6) is 0 Å². The van der Waals surface area contributed by atoms with Crippen LogP contribution in [0.25, 0.3) is 0 Å². The first kappa shape index (κ1) is 20.8. The molecular formula is C21H27N5O3. The summed E-state index contributed by atoms with van der Waals surface area (Å²) >= 11 is 0. The van der Waals surface area contributed by atoms with E-state index in [1.807, 2.05) is 12.1 Å². The van der Waals surface area contributed by atoms with Crippen LogP contribution in [0.1, 0.15) is 16.7 Å². The van der Waals surface area contributed by atoms with Gasteiger partial charge in [0.1, 0.15) is 0 Å². The molecule has 3 rings (SSSR count). The SMILES string of the molecule is CN=C(NCc1cccc([N+](=O)[O-])c1)NCc1ccccc1CN1CCOCC1. The number of non-ortho nitro benzene ring substituents is 1. The number of nitro benzene ring substituents is 1. The second kappa shape index (κ2) is 10.5. The molecule has 0 atom stereocenters. The lowest BCUT2D eigenvalue weighted by Gasteiger charge is -2.27. The molecule has 8 heteroatoms. The molecule has 8 nitrogen and oxygen atoms in total. The highest BCUT2D eigenvalue weighted by molar-refractivity contribution is 5.79. The number of morpholine rings is 1. The normalized spacial score (nSPS) is 15.1. The second-order valence-electron chi connectivity index (χ2n) is 6.86. The van der Waals surface area contributed by atoms with Crippen molar-refractivity contribution in [3.63, 3.8) is 0 Å². The molecule has 0 aliphatic carbocycles. The quantitative estimate of drug-likeness (QED) is 0.322. The molecule has 154 valence electrons. The first-order chi connectivity index (χ1) is 14.2. The van der Waals surface area contributed by atoms with E-state index in [1.165, 1.54) is 17.2 Å². The third kappa shape index (κ3) is 6.27. The van der Waals surface area contributed by atoms with Crippen LogP contribution < -0.4 is 10.6 Å². The zero-order valence-corrected chi connectivity index (χ0v) is 16.6. The summed E-state index contributed by atoms with van der Waals surface area (Å²) in [6.07, 6.45) is 0. The molecular weight excluding hydrogens is 370 g/mol. The summed E-state index contributed by atoms with van der Waals surface area (Å²) in [5.41, 5.74) is 3.42. The lowest BCUT2D eigenvalue weighted by molar-refractivity contribution is -0.384. The van der Waals surface area contributed by atoms with Crippen molar-refractivity contribution in [3.05, 3.63) is 75.3 Å². The van der Waals surface area contributed by atoms with E-state index < -0.39 is 0 Å². The van der Waals surface area contributed by atoms with Gasteiger partial charge in [0.25, 0.3) is 5.69 Å². The lowest BCUT2D eigenvalue weighted by Crippen LogP contribution is -2.37. The zero-order chi connectivity index (χ0) is 20.5. The third-order valence-electron chi connectivity index (χ3n) is 4.87. The molecule has 0 aromatic heterocycles. The van der Waals surface area contributed by atoms with Crippen LogP contribution in [-0.2, 0) is 24.4 Å². The molecule has 2 N–H and O–H groups in total. The van der Waals surface area contributed by atoms with Gasteiger partial charge in [0.05, 0.1) is 18.1 Å². The Balaban J connectivity index is 1.55. The third-order valence-corrected chi connectivity index (χ3v) is 4.87. The highest BCUT2D eigenvalue weighted by atomic mass is 16.6. The molecule has 0 bridgehead atoms. The predicted octanol–water partition coefficient (Wildman–Crippen LogP) is 2.29. The number of aliphatic imine (C=N–C) groups is 1. The maximum absolute atomic E-state index is 10.9. The van der Waals surface area contributed by atoms with Gasteiger partial charge in [-0.15, -0.1) is 0 Å². The molecule has 1 aliphatic rings. The van der Waals surface area contributed by atoms with Crippen molar-refractivity contribution in [3.8, 4) is 0 Å². The van der Waals surface area contributed by atoms with E-state index in [2.05, 4.69) is 38.7 Å². The summed E-state index contributed by atoms with van der Waals surface area (Å²) in [6.45, 7) is 5.48. The topological polar surface area (TPSA) is 92.0 Å². The fraction of sp³-hybridized carbons (Fsp3) is 0.381. The maximum atomic E-state index is 10.9. The van der Waals surface area contributed by atoms with Crippen LogP contribution in [0, 0.1) is 10.1 Å². The number of nitro groups is 1. The number of guanidine groups is 1. The Bertz CT molecular complexity index is 850. The summed E-state index contributed by atoms with van der Waals surface area (Å²) in [5, 5.41) is 17.5. The van der Waals surface area contributed by atoms with Gasteiger partial charge in [-0.1, -0.05) is 36.4 Å². The molecule has 1 fully saturated rings. The minimum atomic E-state index is -0.387. The molecule has 1 heterocycles. The molecule has 29 heavy (non-hydrogen) atoms. The Kier molecular flexibility index (Phi) is 7.54. The first-order valence-corrected chi connectivity index (χ1v) is 9.70. The number of nitrogens with one attached hydrogen (secondary N) is 2. The molecule has 2 aromatic carbocycles. The highest BCUT2D eigenvalue weighted by Gasteiger charge is 2.13. The Morgan fingerprint density at radius 3 is 2.55 bits per heavy atom. The molecule has 1 aliphatic heterocycles. The number of rotatable bonds is 7. The Morgan fingerprint density at radius 1 is 1.10 bits per heavy atom. The van der Waals surface area contributed by atoms with E-state index in [0.717, 1.165) is 38.4 Å². The first-order valence-electron chi connectivity index (χ1n) is 9.70. The van der Waals surface area contributed by atoms with Gasteiger partial charge in [-0.3, -0.25) is 20.0 Å². The number of hydrogen-bond donors (Lipinski definition) is 2. The summed E-state index contributed by atoms with van der Waals surface area (Å²) in [6, 6.07) is 15.0. The monoisotopic (exact) mass is 397 g/mol. The average molecular weight is 397 g/mol. The van der Waals surface area contributed by atoms with Crippen LogP contribution in [0.15, 0.2) is 53.5 Å². The fourth-order valence-corrected chi connectivity index (χ4v) is 3.25. The Labute approximate surface area is 170 Å². The largest absolute Gasteiger partial charge is 0.379 e. The predicted molar refractivity (Wildman–Crippen MR) is 113 cm³/mol. The van der Waals surface area contributed by atoms with Gasteiger partial charge in [-0.2, -0.15) is 0 Å². The molecule has 0 spiro atoms. The fourth-order valence-electron chi connectivity index (χ4n) is 3.25. The van der Waals surface area contributed by atoms with Gasteiger partial charge < -0.3 is 15.4 Å². The molecule has 1 saturated heterocycles. The smallest absolute Gasteiger partial charge is 0.269 e. The second-order valence-corrected chi connectivity index (χ2v) is 6.86. The van der Waals surface area contributed by atoms with E-state index in [4.69, 9.17) is 4.74 Å². The van der Waals surface area contributed by atoms with E-state index in [-0.39, 0.29) is 10.6 Å². The standard InChI is InChI=1S/C21H27N5O3/c1-22-21(23-14-17-5-4-8-20(13-17)26(27)28)24-15-18-6-2-3-7-19(18)16-25-9-11-29-12-10-25/h2-8,13H,9-12,14-16H2,1H3,(H2,22,23,24). The van der Waals surface area contributed by atoms with Crippen LogP contribution in [0.3, 0.4) is 0 Å². The maximum Gasteiger partial charge on any atom is 0.269 e. The van der Waals surface area contributed by atoms with Crippen molar-refractivity contribution in [2.45, 2.75) is 19.6 Å². The summed E-state index contributed by atoms with van der Waals surface area (Å²) in [7, 11) is 1.71. The average Bonchev–Trinajstić information content (AvgIpc) is 2.76. The number of benzene rings is 2. The molecule has 0 unspecified atom stereocenters. The molecule has 2 aromatic rings. The van der Waals surface area contributed by atoms with E-state index in [0.29, 0.717) is 19.0 Å².